The number of hydrogen-bond acceptors (Lipinski definition) is 2. The zero-order valence-electron chi connectivity index (χ0n) is 13.5. The number of fused-ring (bicyclic) bond motifs is 1. The average molecular weight is 300 g/mol. The number of nitrogens with one attached hydrogen (secondary N) is 2. The van der Waals surface area contributed by atoms with Crippen LogP contribution in [0.3, 0.4) is 0 Å². The fourth-order valence-corrected chi connectivity index (χ4v) is 2.37. The van der Waals surface area contributed by atoms with E-state index in [2.05, 4.69) is 16.4 Å². The highest BCUT2D eigenvalue weighted by molar-refractivity contribution is 5.88. The van der Waals surface area contributed by atoms with E-state index in [1.807, 2.05) is 45.2 Å². The van der Waals surface area contributed by atoms with E-state index in [4.69, 9.17) is 0 Å². The molecule has 0 atom stereocenters. The summed E-state index contributed by atoms with van der Waals surface area (Å²) < 4.78 is 0. The van der Waals surface area contributed by atoms with Gasteiger partial charge >= 0.3 is 0 Å². The second-order valence-electron chi connectivity index (χ2n) is 6.63. The minimum Gasteiger partial charge on any atom is -0.361 e. The van der Waals surface area contributed by atoms with Crippen LogP contribution in [0.25, 0.3) is 10.9 Å². The number of Topliss-reactive ketones (excluding diaryl/α,β-unsaturated/α-hetero) is 1. The van der Waals surface area contributed by atoms with Gasteiger partial charge in [0.2, 0.25) is 5.91 Å². The summed E-state index contributed by atoms with van der Waals surface area (Å²) in [6.45, 7) is 6.23. The van der Waals surface area contributed by atoms with E-state index < -0.39 is 0 Å². The first-order valence-electron chi connectivity index (χ1n) is 7.73. The van der Waals surface area contributed by atoms with Gasteiger partial charge < -0.3 is 10.3 Å². The average Bonchev–Trinajstić information content (AvgIpc) is 2.87. The van der Waals surface area contributed by atoms with E-state index in [0.29, 0.717) is 13.0 Å². The van der Waals surface area contributed by atoms with Gasteiger partial charge in [0.05, 0.1) is 0 Å². The van der Waals surface area contributed by atoms with E-state index >= 15 is 0 Å². The van der Waals surface area contributed by atoms with Gasteiger partial charge in [0.15, 0.2) is 0 Å². The number of aromatic nitrogens is 1. The molecule has 0 bridgehead atoms. The van der Waals surface area contributed by atoms with Crippen LogP contribution in [-0.2, 0) is 16.0 Å². The molecule has 0 aliphatic heterocycles. The van der Waals surface area contributed by atoms with Crippen LogP contribution in [0.4, 0.5) is 0 Å². The number of carbonyl (C=O) groups is 2. The topological polar surface area (TPSA) is 62.0 Å². The Kier molecular flexibility index (Phi) is 5.01. The summed E-state index contributed by atoms with van der Waals surface area (Å²) in [6.07, 6.45) is 3.34. The van der Waals surface area contributed by atoms with Crippen LogP contribution in [0, 0.1) is 5.41 Å². The van der Waals surface area contributed by atoms with Crippen LogP contribution in [-0.4, -0.2) is 23.2 Å². The van der Waals surface area contributed by atoms with Crippen LogP contribution < -0.4 is 5.32 Å². The molecule has 2 N–H and O–H groups in total. The van der Waals surface area contributed by atoms with Crippen LogP contribution in [0.15, 0.2) is 30.5 Å². The van der Waals surface area contributed by atoms with Crippen molar-refractivity contribution in [3.8, 4) is 0 Å². The lowest BCUT2D eigenvalue weighted by Gasteiger charge is -2.16. The molecule has 1 aromatic carbocycles. The summed E-state index contributed by atoms with van der Waals surface area (Å²) in [5.74, 6) is 0.0664. The van der Waals surface area contributed by atoms with Crippen molar-refractivity contribution in [3.05, 3.63) is 36.0 Å². The Hall–Kier alpha value is -2.10. The summed E-state index contributed by atoms with van der Waals surface area (Å²) in [5, 5.41) is 4.08. The van der Waals surface area contributed by atoms with Crippen molar-refractivity contribution in [1.82, 2.24) is 10.3 Å². The Labute approximate surface area is 131 Å². The van der Waals surface area contributed by atoms with Gasteiger partial charge in [0.1, 0.15) is 5.78 Å². The SMILES string of the molecule is CC(C)(C)C(=O)CCC(=O)NCCc1c[nH]c2ccccc12. The molecule has 1 heterocycles. The highest BCUT2D eigenvalue weighted by atomic mass is 16.2. The van der Waals surface area contributed by atoms with Gasteiger partial charge in [-0.2, -0.15) is 0 Å². The van der Waals surface area contributed by atoms with Crippen molar-refractivity contribution in [3.63, 3.8) is 0 Å². The molecule has 22 heavy (non-hydrogen) atoms. The molecule has 118 valence electrons. The molecule has 0 radical (unpaired) electrons. The number of rotatable bonds is 6. The van der Waals surface area contributed by atoms with Crippen molar-refractivity contribution < 1.29 is 9.59 Å². The molecule has 4 nitrogen and oxygen atoms in total. The Morgan fingerprint density at radius 1 is 1.14 bits per heavy atom. The van der Waals surface area contributed by atoms with Gasteiger partial charge in [-0.05, 0) is 18.1 Å². The van der Waals surface area contributed by atoms with E-state index in [1.165, 1.54) is 10.9 Å². The number of amides is 1. The molecule has 0 unspecified atom stereocenters. The number of H-pyrrole nitrogens is 1. The summed E-state index contributed by atoms with van der Waals surface area (Å²) >= 11 is 0. The molecule has 1 aromatic heterocycles. The van der Waals surface area contributed by atoms with E-state index in [0.717, 1.165) is 11.9 Å². The Morgan fingerprint density at radius 2 is 1.86 bits per heavy atom. The molecule has 0 aliphatic carbocycles. The molecule has 4 heteroatoms. The minimum absolute atomic E-state index is 0.0579. The second kappa shape index (κ2) is 6.77. The standard InChI is InChI=1S/C18H24N2O2/c1-18(2,3)16(21)8-9-17(22)19-11-10-13-12-20-15-7-5-4-6-14(13)15/h4-7,12,20H,8-11H2,1-3H3,(H,19,22). The molecule has 0 spiro atoms. The predicted octanol–water partition coefficient (Wildman–Crippen LogP) is 3.22. The van der Waals surface area contributed by atoms with Crippen LogP contribution in [0.1, 0.15) is 39.2 Å². The largest absolute Gasteiger partial charge is 0.361 e. The predicted molar refractivity (Wildman–Crippen MR) is 88.7 cm³/mol. The number of para-hydroxylation sites is 1. The van der Waals surface area contributed by atoms with Crippen molar-refractivity contribution >= 4 is 22.6 Å². The van der Waals surface area contributed by atoms with Gasteiger partial charge in [0, 0.05) is 41.9 Å². The van der Waals surface area contributed by atoms with E-state index in [1.54, 1.807) is 0 Å². The van der Waals surface area contributed by atoms with Crippen LogP contribution >= 0.6 is 0 Å². The van der Waals surface area contributed by atoms with Crippen molar-refractivity contribution in [1.29, 1.82) is 0 Å². The molecule has 1 amide bonds. The number of carbonyl (C=O) groups excluding carboxylic acids is 2. The third kappa shape index (κ3) is 4.20. The lowest BCUT2D eigenvalue weighted by atomic mass is 9.88. The van der Waals surface area contributed by atoms with Gasteiger partial charge in [0.25, 0.3) is 0 Å². The third-order valence-electron chi connectivity index (χ3n) is 3.81. The van der Waals surface area contributed by atoms with Crippen molar-refractivity contribution in [2.75, 3.05) is 6.54 Å². The monoisotopic (exact) mass is 300 g/mol. The lowest BCUT2D eigenvalue weighted by molar-refractivity contribution is -0.129. The van der Waals surface area contributed by atoms with Crippen LogP contribution in [0.5, 0.6) is 0 Å². The summed E-state index contributed by atoms with van der Waals surface area (Å²) in [5.41, 5.74) is 1.94. The smallest absolute Gasteiger partial charge is 0.220 e. The van der Waals surface area contributed by atoms with Gasteiger partial charge in [-0.1, -0.05) is 39.0 Å². The molecule has 0 saturated carbocycles. The van der Waals surface area contributed by atoms with E-state index in [-0.39, 0.29) is 23.5 Å². The fraction of sp³-hybridized carbons (Fsp3) is 0.444. The first-order chi connectivity index (χ1) is 10.4. The molecule has 0 saturated heterocycles. The molecule has 2 aromatic rings. The Bertz CT molecular complexity index is 665. The minimum atomic E-state index is -0.371. The van der Waals surface area contributed by atoms with Gasteiger partial charge in [-0.3, -0.25) is 9.59 Å². The summed E-state index contributed by atoms with van der Waals surface area (Å²) in [7, 11) is 0. The zero-order chi connectivity index (χ0) is 16.2. The summed E-state index contributed by atoms with van der Waals surface area (Å²) in [4.78, 5) is 26.8. The number of ketones is 1. The Balaban J connectivity index is 1.77. The van der Waals surface area contributed by atoms with Crippen LogP contribution in [0.2, 0.25) is 0 Å². The zero-order valence-corrected chi connectivity index (χ0v) is 13.5. The second-order valence-corrected chi connectivity index (χ2v) is 6.63. The maximum atomic E-state index is 11.8. The van der Waals surface area contributed by atoms with Crippen molar-refractivity contribution in [2.24, 2.45) is 5.41 Å². The first kappa shape index (κ1) is 16.3. The molecule has 0 aliphatic rings. The molecule has 2 rings (SSSR count). The van der Waals surface area contributed by atoms with Gasteiger partial charge in [-0.15, -0.1) is 0 Å². The summed E-state index contributed by atoms with van der Waals surface area (Å²) in [6, 6.07) is 8.12. The molecule has 0 fully saturated rings. The highest BCUT2D eigenvalue weighted by Gasteiger charge is 2.21. The molecular formula is C18H24N2O2. The third-order valence-corrected chi connectivity index (χ3v) is 3.81. The fourth-order valence-electron chi connectivity index (χ4n) is 2.37. The van der Waals surface area contributed by atoms with E-state index in [9.17, 15) is 9.59 Å². The quantitative estimate of drug-likeness (QED) is 0.860. The maximum Gasteiger partial charge on any atom is 0.220 e. The first-order valence-corrected chi connectivity index (χ1v) is 7.73. The molecular weight excluding hydrogens is 276 g/mol. The number of benzene rings is 1. The number of aromatic amines is 1. The maximum absolute atomic E-state index is 11.8. The Morgan fingerprint density at radius 3 is 2.59 bits per heavy atom. The lowest BCUT2D eigenvalue weighted by Crippen LogP contribution is -2.28. The van der Waals surface area contributed by atoms with Crippen molar-refractivity contribution in [2.45, 2.75) is 40.0 Å². The normalized spacial score (nSPS) is 11.6. The van der Waals surface area contributed by atoms with Gasteiger partial charge in [-0.25, -0.2) is 0 Å². The highest BCUT2D eigenvalue weighted by Crippen LogP contribution is 2.18. The number of hydrogen-bond donors (Lipinski definition) is 2.